The van der Waals surface area contributed by atoms with E-state index in [2.05, 4.69) is 20.5 Å². The van der Waals surface area contributed by atoms with Crippen molar-refractivity contribution >= 4 is 10.9 Å². The minimum absolute atomic E-state index is 0.0904. The quantitative estimate of drug-likeness (QED) is 0.608. The zero-order valence-corrected chi connectivity index (χ0v) is 17.8. The number of quaternary nitrogens is 1. The Hall–Kier alpha value is -2.78. The average Bonchev–Trinajstić information content (AvgIpc) is 3.48. The highest BCUT2D eigenvalue weighted by atomic mass is 16.5. The topological polar surface area (TPSA) is 99.4 Å². The Morgan fingerprint density at radius 2 is 2.13 bits per heavy atom. The van der Waals surface area contributed by atoms with Crippen molar-refractivity contribution < 1.29 is 14.4 Å². The molecule has 2 aliphatic heterocycles. The van der Waals surface area contributed by atoms with Crippen molar-refractivity contribution in [1.82, 2.24) is 25.2 Å². The van der Waals surface area contributed by atoms with E-state index in [-0.39, 0.29) is 17.7 Å². The van der Waals surface area contributed by atoms with Crippen molar-refractivity contribution in [3.05, 3.63) is 46.0 Å². The predicted molar refractivity (Wildman–Crippen MR) is 114 cm³/mol. The summed E-state index contributed by atoms with van der Waals surface area (Å²) in [6.07, 6.45) is 5.70. The van der Waals surface area contributed by atoms with Crippen molar-refractivity contribution in [2.75, 3.05) is 26.8 Å². The summed E-state index contributed by atoms with van der Waals surface area (Å²) in [5, 5.41) is 13.6. The monoisotopic (exact) mass is 425 g/mol. The summed E-state index contributed by atoms with van der Waals surface area (Å²) in [4.78, 5) is 17.6. The first kappa shape index (κ1) is 20.1. The molecule has 1 aromatic carbocycles. The molecule has 2 aliphatic rings. The number of ether oxygens (including phenoxy) is 2. The minimum atomic E-state index is -0.226. The molecule has 0 saturated carbocycles. The third-order valence-electron chi connectivity index (χ3n) is 6.51. The Kier molecular flexibility index (Phi) is 5.69. The molecule has 0 amide bonds. The van der Waals surface area contributed by atoms with E-state index in [1.807, 2.05) is 28.9 Å². The number of rotatable bonds is 6. The molecule has 2 atom stereocenters. The molecule has 2 N–H and O–H groups in total. The molecule has 0 aliphatic carbocycles. The largest absolute Gasteiger partial charge is 0.497 e. The molecule has 0 unspecified atom stereocenters. The van der Waals surface area contributed by atoms with Crippen LogP contribution in [0.2, 0.25) is 0 Å². The highest BCUT2D eigenvalue weighted by Gasteiger charge is 2.35. The predicted octanol–water partition coefficient (Wildman–Crippen LogP) is 0.860. The van der Waals surface area contributed by atoms with E-state index in [1.165, 1.54) is 11.3 Å². The first-order valence-electron chi connectivity index (χ1n) is 11.2. The Morgan fingerprint density at radius 1 is 1.26 bits per heavy atom. The lowest BCUT2D eigenvalue weighted by Gasteiger charge is -2.30. The normalized spacial score (nSPS) is 20.9. The van der Waals surface area contributed by atoms with E-state index in [4.69, 9.17) is 9.47 Å². The van der Waals surface area contributed by atoms with Gasteiger partial charge in [0.15, 0.2) is 6.04 Å². The van der Waals surface area contributed by atoms with Gasteiger partial charge in [0.25, 0.3) is 5.56 Å². The van der Waals surface area contributed by atoms with Crippen LogP contribution in [-0.2, 0) is 11.3 Å². The van der Waals surface area contributed by atoms with Crippen molar-refractivity contribution in [3.63, 3.8) is 0 Å². The van der Waals surface area contributed by atoms with E-state index < -0.39 is 0 Å². The number of methoxy groups -OCH3 is 1. The number of tetrazole rings is 1. The van der Waals surface area contributed by atoms with Crippen LogP contribution in [0.4, 0.5) is 0 Å². The number of benzene rings is 1. The van der Waals surface area contributed by atoms with Crippen LogP contribution in [0.15, 0.2) is 29.1 Å². The fourth-order valence-corrected chi connectivity index (χ4v) is 4.91. The van der Waals surface area contributed by atoms with Gasteiger partial charge < -0.3 is 19.4 Å². The number of piperidine rings is 1. The van der Waals surface area contributed by atoms with Gasteiger partial charge in [-0.05, 0) is 66.8 Å². The molecule has 2 fully saturated rings. The summed E-state index contributed by atoms with van der Waals surface area (Å²) >= 11 is 0. The van der Waals surface area contributed by atoms with Gasteiger partial charge in [-0.3, -0.25) is 4.79 Å². The highest BCUT2D eigenvalue weighted by Crippen LogP contribution is 2.23. The van der Waals surface area contributed by atoms with Gasteiger partial charge in [0.2, 0.25) is 5.82 Å². The molecule has 2 saturated heterocycles. The van der Waals surface area contributed by atoms with Crippen LogP contribution in [0.5, 0.6) is 5.75 Å². The molecule has 5 rings (SSSR count). The van der Waals surface area contributed by atoms with Gasteiger partial charge in [-0.2, -0.15) is 0 Å². The third-order valence-corrected chi connectivity index (χ3v) is 6.51. The molecule has 0 spiro atoms. The van der Waals surface area contributed by atoms with Crippen molar-refractivity contribution in [1.29, 1.82) is 0 Å². The Balaban J connectivity index is 1.59. The number of H-pyrrole nitrogens is 1. The zero-order chi connectivity index (χ0) is 21.2. The van der Waals surface area contributed by atoms with Gasteiger partial charge in [-0.15, -0.1) is 5.10 Å². The molecule has 9 nitrogen and oxygen atoms in total. The maximum Gasteiger partial charge on any atom is 0.258 e. The van der Waals surface area contributed by atoms with Gasteiger partial charge in [-0.25, -0.2) is 4.68 Å². The maximum absolute atomic E-state index is 13.2. The van der Waals surface area contributed by atoms with Crippen LogP contribution in [0.25, 0.3) is 10.9 Å². The van der Waals surface area contributed by atoms with E-state index in [1.54, 1.807) is 7.11 Å². The van der Waals surface area contributed by atoms with Gasteiger partial charge >= 0.3 is 0 Å². The number of hydrogen-bond acceptors (Lipinski definition) is 6. The average molecular weight is 426 g/mol. The van der Waals surface area contributed by atoms with E-state index >= 15 is 0 Å². The first-order chi connectivity index (χ1) is 15.2. The fourth-order valence-electron chi connectivity index (χ4n) is 4.91. The van der Waals surface area contributed by atoms with Crippen molar-refractivity contribution in [2.24, 2.45) is 0 Å². The molecule has 9 heteroatoms. The number of nitrogens with one attached hydrogen (secondary N) is 2. The molecule has 0 radical (unpaired) electrons. The van der Waals surface area contributed by atoms with E-state index in [0.29, 0.717) is 12.1 Å². The van der Waals surface area contributed by atoms with E-state index in [0.717, 1.165) is 67.9 Å². The van der Waals surface area contributed by atoms with Crippen LogP contribution in [0.3, 0.4) is 0 Å². The summed E-state index contributed by atoms with van der Waals surface area (Å²) in [5.41, 5.74) is 1.40. The minimum Gasteiger partial charge on any atom is -0.497 e. The van der Waals surface area contributed by atoms with Crippen LogP contribution < -0.4 is 15.2 Å². The van der Waals surface area contributed by atoms with Crippen molar-refractivity contribution in [3.8, 4) is 5.75 Å². The summed E-state index contributed by atoms with van der Waals surface area (Å²) < 4.78 is 13.0. The van der Waals surface area contributed by atoms with Crippen LogP contribution >= 0.6 is 0 Å². The number of aromatic amines is 1. The smallest absolute Gasteiger partial charge is 0.258 e. The molecule has 3 aromatic rings. The molecule has 31 heavy (non-hydrogen) atoms. The summed E-state index contributed by atoms with van der Waals surface area (Å²) in [5.74, 6) is 1.50. The number of pyridine rings is 1. The molecular weight excluding hydrogens is 396 g/mol. The first-order valence-corrected chi connectivity index (χ1v) is 11.2. The summed E-state index contributed by atoms with van der Waals surface area (Å²) in [6, 6.07) is 7.44. The molecule has 0 bridgehead atoms. The highest BCUT2D eigenvalue weighted by molar-refractivity contribution is 5.80. The lowest BCUT2D eigenvalue weighted by molar-refractivity contribution is -0.931. The number of nitrogens with zero attached hydrogens (tertiary/aromatic N) is 4. The maximum atomic E-state index is 13.2. The Bertz CT molecular complexity index is 1100. The number of likely N-dealkylation sites (tertiary alicyclic amines) is 1. The van der Waals surface area contributed by atoms with Gasteiger partial charge in [0.1, 0.15) is 5.75 Å². The SMILES string of the molecule is COc1ccc2[nH]c(=O)c([C@H](c3nnnn3C[C@@H]3CCCO3)[NH+]3CCCCC3)cc2c1. The third kappa shape index (κ3) is 4.07. The molecule has 2 aromatic heterocycles. The molecule has 164 valence electrons. The second-order valence-corrected chi connectivity index (χ2v) is 8.51. The lowest BCUT2D eigenvalue weighted by Crippen LogP contribution is -3.13. The summed E-state index contributed by atoms with van der Waals surface area (Å²) in [6.45, 7) is 3.39. The number of fused-ring (bicyclic) bond motifs is 1. The molecule has 4 heterocycles. The van der Waals surface area contributed by atoms with Crippen molar-refractivity contribution in [2.45, 2.75) is 50.8 Å². The molecular formula is C22H29N6O3+. The zero-order valence-electron chi connectivity index (χ0n) is 17.8. The van der Waals surface area contributed by atoms with Gasteiger partial charge in [0, 0.05) is 17.5 Å². The second-order valence-electron chi connectivity index (χ2n) is 8.51. The van der Waals surface area contributed by atoms with E-state index in [9.17, 15) is 4.79 Å². The number of hydrogen-bond donors (Lipinski definition) is 2. The van der Waals surface area contributed by atoms with Gasteiger partial charge in [-0.1, -0.05) is 0 Å². The van der Waals surface area contributed by atoms with Crippen LogP contribution in [0.1, 0.15) is 49.5 Å². The lowest BCUT2D eigenvalue weighted by atomic mass is 10.0. The fraction of sp³-hybridized carbons (Fsp3) is 0.545. The van der Waals surface area contributed by atoms with Crippen LogP contribution in [-0.4, -0.2) is 58.1 Å². The van der Waals surface area contributed by atoms with Crippen LogP contribution in [0, 0.1) is 0 Å². The summed E-state index contributed by atoms with van der Waals surface area (Å²) in [7, 11) is 1.65. The second kappa shape index (κ2) is 8.76. The Morgan fingerprint density at radius 3 is 2.90 bits per heavy atom. The standard InChI is InChI=1S/C22H28N6O3/c1-30-16-7-8-19-15(12-16)13-18(22(29)23-19)20(27-9-3-2-4-10-27)21-24-25-26-28(21)14-17-6-5-11-31-17/h7-8,12-13,17,20H,2-6,9-11,14H2,1H3,(H,23,29)/p+1/t17-,20+/m0/s1. The number of aromatic nitrogens is 5. The van der Waals surface area contributed by atoms with Gasteiger partial charge in [0.05, 0.1) is 38.4 Å². The Labute approximate surface area is 180 Å².